The van der Waals surface area contributed by atoms with Crippen molar-refractivity contribution in [3.63, 3.8) is 0 Å². The van der Waals surface area contributed by atoms with Crippen LogP contribution >= 0.6 is 0 Å². The summed E-state index contributed by atoms with van der Waals surface area (Å²) in [6.07, 6.45) is -0.0744. The second kappa shape index (κ2) is 8.19. The first-order valence-electron chi connectivity index (χ1n) is 12.1. The van der Waals surface area contributed by atoms with E-state index in [1.165, 1.54) is 4.57 Å². The number of cyclic esters (lactones) is 1. The van der Waals surface area contributed by atoms with E-state index in [9.17, 15) is 19.2 Å². The molecule has 3 aliphatic rings. The molecule has 0 amide bonds. The third-order valence-electron chi connectivity index (χ3n) is 7.15. The van der Waals surface area contributed by atoms with Gasteiger partial charge in [0.05, 0.1) is 29.8 Å². The summed E-state index contributed by atoms with van der Waals surface area (Å²) in [4.78, 5) is 56.6. The molecule has 1 aromatic carbocycles. The van der Waals surface area contributed by atoms with E-state index in [0.717, 1.165) is 0 Å². The Hall–Kier alpha value is -3.20. The Morgan fingerprint density at radius 1 is 1.17 bits per heavy atom. The van der Waals surface area contributed by atoms with Gasteiger partial charge in [0.1, 0.15) is 12.2 Å². The summed E-state index contributed by atoms with van der Waals surface area (Å²) in [6, 6.07) is 6.81. The SMILES string of the molecule is CCOC(=O)[C@]12COC(=O)[C@@H]3CCN(CCC1=O)[C@@H]3c1c2n(C(=O)OC(C)(C)C)c2ccccc12. The van der Waals surface area contributed by atoms with Crippen LogP contribution in [-0.4, -0.2) is 65.2 Å². The molecule has 0 unspecified atom stereocenters. The quantitative estimate of drug-likeness (QED) is 0.365. The molecule has 1 saturated heterocycles. The molecule has 9 nitrogen and oxygen atoms in total. The molecule has 0 saturated carbocycles. The average Bonchev–Trinajstić information content (AvgIpc) is 3.33. The predicted octanol–water partition coefficient (Wildman–Crippen LogP) is 3.12. The Kier molecular flexibility index (Phi) is 5.51. The fraction of sp³-hybridized carbons (Fsp3) is 0.538. The van der Waals surface area contributed by atoms with Gasteiger partial charge in [-0.1, -0.05) is 18.2 Å². The number of rotatable bonds is 2. The Bertz CT molecular complexity index is 1240. The molecule has 0 radical (unpaired) electrons. The van der Waals surface area contributed by atoms with Gasteiger partial charge in [-0.3, -0.25) is 19.3 Å². The lowest BCUT2D eigenvalue weighted by Crippen LogP contribution is -2.55. The molecule has 186 valence electrons. The predicted molar refractivity (Wildman–Crippen MR) is 125 cm³/mol. The van der Waals surface area contributed by atoms with Gasteiger partial charge in [0.25, 0.3) is 0 Å². The van der Waals surface area contributed by atoms with Crippen LogP contribution in [0.5, 0.6) is 0 Å². The molecule has 1 fully saturated rings. The van der Waals surface area contributed by atoms with Crippen molar-refractivity contribution < 1.29 is 33.4 Å². The van der Waals surface area contributed by atoms with Crippen molar-refractivity contribution in [1.29, 1.82) is 0 Å². The number of para-hydroxylation sites is 1. The number of Topliss-reactive ketones (excluding diaryl/α,β-unsaturated/α-hetero) is 1. The average molecular weight is 483 g/mol. The first-order chi connectivity index (χ1) is 16.6. The van der Waals surface area contributed by atoms with Crippen molar-refractivity contribution in [3.05, 3.63) is 35.5 Å². The van der Waals surface area contributed by atoms with Gasteiger partial charge in [-0.2, -0.15) is 0 Å². The summed E-state index contributed by atoms with van der Waals surface area (Å²) >= 11 is 0. The van der Waals surface area contributed by atoms with Crippen molar-refractivity contribution in [1.82, 2.24) is 9.47 Å². The topological polar surface area (TPSA) is 104 Å². The number of hydrogen-bond acceptors (Lipinski definition) is 8. The van der Waals surface area contributed by atoms with Crippen LogP contribution in [-0.2, 0) is 34.0 Å². The van der Waals surface area contributed by atoms with E-state index >= 15 is 0 Å². The van der Waals surface area contributed by atoms with Crippen LogP contribution in [0.15, 0.2) is 24.3 Å². The molecular weight excluding hydrogens is 452 g/mol. The maximum absolute atomic E-state index is 13.9. The van der Waals surface area contributed by atoms with E-state index in [-0.39, 0.29) is 18.7 Å². The van der Waals surface area contributed by atoms with Gasteiger partial charge in [-0.25, -0.2) is 9.36 Å². The monoisotopic (exact) mass is 482 g/mol. The molecule has 35 heavy (non-hydrogen) atoms. The number of fused-ring (bicyclic) bond motifs is 1. The van der Waals surface area contributed by atoms with Crippen LogP contribution in [0.25, 0.3) is 10.9 Å². The molecule has 0 spiro atoms. The zero-order chi connectivity index (χ0) is 25.1. The summed E-state index contributed by atoms with van der Waals surface area (Å²) in [5.41, 5.74) is -1.46. The highest BCUT2D eigenvalue weighted by molar-refractivity contribution is 6.13. The van der Waals surface area contributed by atoms with Gasteiger partial charge in [0, 0.05) is 23.9 Å². The molecule has 5 rings (SSSR count). The molecule has 1 aromatic heterocycles. The van der Waals surface area contributed by atoms with Crippen molar-refractivity contribution in [2.45, 2.75) is 57.6 Å². The van der Waals surface area contributed by atoms with E-state index in [1.807, 2.05) is 12.1 Å². The van der Waals surface area contributed by atoms with Crippen molar-refractivity contribution >= 4 is 34.7 Å². The van der Waals surface area contributed by atoms with Crippen molar-refractivity contribution in [2.24, 2.45) is 5.92 Å². The number of carbonyl (C=O) groups excluding carboxylic acids is 4. The smallest absolute Gasteiger partial charge is 0.419 e. The highest BCUT2D eigenvalue weighted by atomic mass is 16.6. The van der Waals surface area contributed by atoms with E-state index in [2.05, 4.69) is 4.90 Å². The van der Waals surface area contributed by atoms with Crippen LogP contribution < -0.4 is 0 Å². The molecular formula is C26H30N2O7. The lowest BCUT2D eigenvalue weighted by Gasteiger charge is -2.40. The van der Waals surface area contributed by atoms with Crippen LogP contribution in [0.3, 0.4) is 0 Å². The minimum absolute atomic E-state index is 0.0297. The molecule has 4 heterocycles. The summed E-state index contributed by atoms with van der Waals surface area (Å²) in [6.45, 7) is 7.43. The molecule has 0 aliphatic carbocycles. The summed E-state index contributed by atoms with van der Waals surface area (Å²) in [5.74, 6) is -2.18. The van der Waals surface area contributed by atoms with E-state index in [4.69, 9.17) is 14.2 Å². The summed E-state index contributed by atoms with van der Waals surface area (Å²) in [7, 11) is 0. The fourth-order valence-electron chi connectivity index (χ4n) is 5.77. The molecule has 2 aromatic rings. The molecule has 2 bridgehead atoms. The van der Waals surface area contributed by atoms with Crippen LogP contribution in [0.2, 0.25) is 0 Å². The number of benzene rings is 1. The summed E-state index contributed by atoms with van der Waals surface area (Å²) in [5, 5.41) is 0.702. The lowest BCUT2D eigenvalue weighted by molar-refractivity contribution is -0.164. The van der Waals surface area contributed by atoms with Gasteiger partial charge < -0.3 is 14.2 Å². The number of aromatic nitrogens is 1. The zero-order valence-corrected chi connectivity index (χ0v) is 20.5. The van der Waals surface area contributed by atoms with Crippen LogP contribution in [0, 0.1) is 5.92 Å². The number of esters is 2. The maximum Gasteiger partial charge on any atom is 0.419 e. The number of ketones is 1. The second-order valence-electron chi connectivity index (χ2n) is 10.4. The fourth-order valence-corrected chi connectivity index (χ4v) is 5.77. The first-order valence-corrected chi connectivity index (χ1v) is 12.1. The van der Waals surface area contributed by atoms with Gasteiger partial charge in [-0.15, -0.1) is 0 Å². The molecule has 0 N–H and O–H groups in total. The number of nitrogens with zero attached hydrogens (tertiary/aromatic N) is 2. The van der Waals surface area contributed by atoms with Crippen LogP contribution in [0.1, 0.15) is 57.8 Å². The minimum atomic E-state index is -1.98. The zero-order valence-electron chi connectivity index (χ0n) is 20.5. The van der Waals surface area contributed by atoms with Gasteiger partial charge >= 0.3 is 18.0 Å². The molecule has 3 aliphatic heterocycles. The number of ether oxygens (including phenoxy) is 3. The van der Waals surface area contributed by atoms with Crippen LogP contribution in [0.4, 0.5) is 4.79 Å². The highest BCUT2D eigenvalue weighted by Crippen LogP contribution is 2.50. The lowest BCUT2D eigenvalue weighted by atomic mass is 9.73. The van der Waals surface area contributed by atoms with Gasteiger partial charge in [-0.05, 0) is 46.7 Å². The molecule has 9 heteroatoms. The Morgan fingerprint density at radius 3 is 2.63 bits per heavy atom. The summed E-state index contributed by atoms with van der Waals surface area (Å²) < 4.78 is 18.2. The molecule has 3 atom stereocenters. The third kappa shape index (κ3) is 3.47. The number of hydrogen-bond donors (Lipinski definition) is 0. The van der Waals surface area contributed by atoms with E-state index < -0.39 is 53.4 Å². The van der Waals surface area contributed by atoms with Gasteiger partial charge in [0.15, 0.2) is 5.78 Å². The largest absolute Gasteiger partial charge is 0.465 e. The normalized spacial score (nSPS) is 26.4. The first kappa shape index (κ1) is 23.5. The van der Waals surface area contributed by atoms with Gasteiger partial charge in [0.2, 0.25) is 5.41 Å². The Morgan fingerprint density at radius 2 is 1.91 bits per heavy atom. The van der Waals surface area contributed by atoms with E-state index in [0.29, 0.717) is 36.0 Å². The maximum atomic E-state index is 13.9. The minimum Gasteiger partial charge on any atom is -0.465 e. The van der Waals surface area contributed by atoms with Crippen molar-refractivity contribution in [2.75, 3.05) is 26.3 Å². The second-order valence-corrected chi connectivity index (χ2v) is 10.4. The van der Waals surface area contributed by atoms with E-state index in [1.54, 1.807) is 39.8 Å². The standard InChI is InChI=1S/C26H30N2O7/c1-5-33-23(31)26-14-34-22(30)16-10-12-27(13-11-18(26)29)20(16)19-15-8-6-7-9-17(15)28(21(19)26)24(32)35-25(2,3)4/h6-9,16,20H,5,10-14H2,1-4H3/t16-,20+,26-/m1/s1. The highest BCUT2D eigenvalue weighted by Gasteiger charge is 2.60. The van der Waals surface area contributed by atoms with Crippen molar-refractivity contribution in [3.8, 4) is 0 Å². The number of carbonyl (C=O) groups is 4. The Balaban J connectivity index is 1.93. The third-order valence-corrected chi connectivity index (χ3v) is 7.15. The Labute approximate surface area is 203 Å².